The molecular weight excluding hydrogens is 266 g/mol. The quantitative estimate of drug-likeness (QED) is 0.840. The van der Waals surface area contributed by atoms with Crippen molar-refractivity contribution in [2.24, 2.45) is 11.8 Å². The summed E-state index contributed by atoms with van der Waals surface area (Å²) in [6, 6.07) is 4.03. The van der Waals surface area contributed by atoms with Gasteiger partial charge in [0.1, 0.15) is 11.9 Å². The van der Waals surface area contributed by atoms with E-state index in [4.69, 9.17) is 0 Å². The number of nitrogens with one attached hydrogen (secondary N) is 1. The summed E-state index contributed by atoms with van der Waals surface area (Å²) < 4.78 is 0. The molecule has 0 fully saturated rings. The van der Waals surface area contributed by atoms with Crippen molar-refractivity contribution in [1.82, 2.24) is 4.98 Å². The van der Waals surface area contributed by atoms with Crippen molar-refractivity contribution in [3.8, 4) is 6.07 Å². The molecule has 0 aliphatic heterocycles. The van der Waals surface area contributed by atoms with E-state index in [1.165, 1.54) is 0 Å². The molecule has 0 radical (unpaired) electrons. The Hall–Kier alpha value is -2.09. The number of anilines is 1. The summed E-state index contributed by atoms with van der Waals surface area (Å²) in [5.74, 6) is -0.438. The molecule has 0 aromatic carbocycles. The van der Waals surface area contributed by atoms with Gasteiger partial charge in [-0.2, -0.15) is 5.26 Å². The van der Waals surface area contributed by atoms with E-state index in [0.717, 1.165) is 30.5 Å². The van der Waals surface area contributed by atoms with Crippen LogP contribution in [0.25, 0.3) is 0 Å². The maximum atomic E-state index is 11.3. The van der Waals surface area contributed by atoms with Crippen LogP contribution in [-0.4, -0.2) is 22.6 Å². The van der Waals surface area contributed by atoms with Gasteiger partial charge in [0.25, 0.3) is 0 Å². The van der Waals surface area contributed by atoms with Crippen molar-refractivity contribution in [3.05, 3.63) is 22.9 Å². The first-order valence-electron chi connectivity index (χ1n) is 7.40. The van der Waals surface area contributed by atoms with Gasteiger partial charge in [0.05, 0.1) is 11.5 Å². The van der Waals surface area contributed by atoms with Gasteiger partial charge in [0, 0.05) is 12.2 Å². The average Bonchev–Trinajstić information content (AvgIpc) is 2.88. The molecule has 0 saturated heterocycles. The van der Waals surface area contributed by atoms with Crippen LogP contribution in [0.4, 0.5) is 5.82 Å². The molecule has 0 amide bonds. The van der Waals surface area contributed by atoms with Gasteiger partial charge in [-0.25, -0.2) is 4.98 Å². The van der Waals surface area contributed by atoms with Crippen LogP contribution in [0.2, 0.25) is 0 Å². The number of fused-ring (bicyclic) bond motifs is 1. The molecule has 0 spiro atoms. The van der Waals surface area contributed by atoms with Gasteiger partial charge >= 0.3 is 5.97 Å². The van der Waals surface area contributed by atoms with E-state index in [1.54, 1.807) is 0 Å². The number of aromatic nitrogens is 1. The summed E-state index contributed by atoms with van der Waals surface area (Å²) in [6.45, 7) is 4.31. The number of pyridine rings is 1. The highest BCUT2D eigenvalue weighted by molar-refractivity contribution is 5.71. The highest BCUT2D eigenvalue weighted by Crippen LogP contribution is 2.25. The van der Waals surface area contributed by atoms with Crippen LogP contribution < -0.4 is 5.32 Å². The smallest absolute Gasteiger partial charge is 0.308 e. The van der Waals surface area contributed by atoms with Crippen LogP contribution >= 0.6 is 0 Å². The zero-order chi connectivity index (χ0) is 15.4. The lowest BCUT2D eigenvalue weighted by atomic mass is 9.97. The van der Waals surface area contributed by atoms with Crippen LogP contribution in [0, 0.1) is 23.2 Å². The van der Waals surface area contributed by atoms with E-state index < -0.39 is 11.9 Å². The molecule has 1 unspecified atom stereocenters. The summed E-state index contributed by atoms with van der Waals surface area (Å²) in [5.41, 5.74) is 2.69. The highest BCUT2D eigenvalue weighted by Gasteiger charge is 2.21. The molecule has 21 heavy (non-hydrogen) atoms. The van der Waals surface area contributed by atoms with Crippen molar-refractivity contribution in [2.45, 2.75) is 39.5 Å². The first-order valence-corrected chi connectivity index (χ1v) is 7.40. The summed E-state index contributed by atoms with van der Waals surface area (Å²) in [7, 11) is 0. The number of aryl methyl sites for hydroxylation is 2. The lowest BCUT2D eigenvalue weighted by Crippen LogP contribution is -2.25. The fourth-order valence-electron chi connectivity index (χ4n) is 2.75. The van der Waals surface area contributed by atoms with Crippen molar-refractivity contribution in [1.29, 1.82) is 5.26 Å². The van der Waals surface area contributed by atoms with Gasteiger partial charge in [-0.3, -0.25) is 4.79 Å². The van der Waals surface area contributed by atoms with Gasteiger partial charge in [-0.1, -0.05) is 13.8 Å². The Balaban J connectivity index is 2.12. The van der Waals surface area contributed by atoms with Gasteiger partial charge in [0.15, 0.2) is 0 Å². The second kappa shape index (κ2) is 6.57. The van der Waals surface area contributed by atoms with Gasteiger partial charge in [-0.15, -0.1) is 0 Å². The van der Waals surface area contributed by atoms with Crippen LogP contribution in [0.1, 0.15) is 43.5 Å². The molecule has 1 atom stereocenters. The highest BCUT2D eigenvalue weighted by atomic mass is 16.4. The number of nitrogens with zero attached hydrogens (tertiary/aromatic N) is 2. The maximum Gasteiger partial charge on any atom is 0.308 e. The Labute approximate surface area is 125 Å². The number of carbonyl (C=O) groups is 1. The third kappa shape index (κ3) is 3.72. The fraction of sp³-hybridized carbons (Fsp3) is 0.562. The summed E-state index contributed by atoms with van der Waals surface area (Å²) in [5, 5.41) is 21.5. The number of nitriles is 1. The van der Waals surface area contributed by atoms with Gasteiger partial charge < -0.3 is 10.4 Å². The van der Waals surface area contributed by atoms with Gasteiger partial charge in [-0.05, 0) is 43.2 Å². The summed E-state index contributed by atoms with van der Waals surface area (Å²) in [4.78, 5) is 15.8. The predicted molar refractivity (Wildman–Crippen MR) is 80.0 cm³/mol. The SMILES string of the molecule is CC(C)CC(CNc1nc2c(cc1C#N)CCC2)C(=O)O. The van der Waals surface area contributed by atoms with E-state index in [2.05, 4.69) is 16.4 Å². The summed E-state index contributed by atoms with van der Waals surface area (Å²) >= 11 is 0. The molecule has 0 bridgehead atoms. The van der Waals surface area contributed by atoms with Crippen molar-refractivity contribution < 1.29 is 9.90 Å². The Morgan fingerprint density at radius 2 is 2.29 bits per heavy atom. The monoisotopic (exact) mass is 287 g/mol. The van der Waals surface area contributed by atoms with Crippen molar-refractivity contribution >= 4 is 11.8 Å². The van der Waals surface area contributed by atoms with E-state index in [0.29, 0.717) is 30.3 Å². The first kappa shape index (κ1) is 15.3. The van der Waals surface area contributed by atoms with Crippen LogP contribution in [-0.2, 0) is 17.6 Å². The van der Waals surface area contributed by atoms with Crippen molar-refractivity contribution in [2.75, 3.05) is 11.9 Å². The Morgan fingerprint density at radius 3 is 2.90 bits per heavy atom. The second-order valence-electron chi connectivity index (χ2n) is 6.00. The van der Waals surface area contributed by atoms with Crippen LogP contribution in [0.3, 0.4) is 0 Å². The number of rotatable bonds is 6. The van der Waals surface area contributed by atoms with Gasteiger partial charge in [0.2, 0.25) is 0 Å². The zero-order valence-electron chi connectivity index (χ0n) is 12.5. The number of hydrogen-bond donors (Lipinski definition) is 2. The van der Waals surface area contributed by atoms with Crippen LogP contribution in [0.5, 0.6) is 0 Å². The zero-order valence-corrected chi connectivity index (χ0v) is 12.5. The second-order valence-corrected chi connectivity index (χ2v) is 6.00. The Kier molecular flexibility index (Phi) is 4.79. The third-order valence-corrected chi connectivity index (χ3v) is 3.79. The molecule has 5 heteroatoms. The lowest BCUT2D eigenvalue weighted by molar-refractivity contribution is -0.141. The van der Waals surface area contributed by atoms with Crippen LogP contribution in [0.15, 0.2) is 6.07 Å². The standard InChI is InChI=1S/C16H21N3O2/c1-10(2)6-13(16(20)21)9-18-15-12(8-17)7-11-4-3-5-14(11)19-15/h7,10,13H,3-6,9H2,1-2H3,(H,18,19)(H,20,21). The predicted octanol–water partition coefficient (Wildman–Crippen LogP) is 2.60. The minimum absolute atomic E-state index is 0.300. The molecule has 5 nitrogen and oxygen atoms in total. The molecule has 1 aliphatic rings. The summed E-state index contributed by atoms with van der Waals surface area (Å²) in [6.07, 6.45) is 3.59. The van der Waals surface area contributed by atoms with E-state index >= 15 is 0 Å². The largest absolute Gasteiger partial charge is 0.481 e. The normalized spacial score (nSPS) is 14.6. The molecule has 1 aromatic heterocycles. The van der Waals surface area contributed by atoms with Crippen molar-refractivity contribution in [3.63, 3.8) is 0 Å². The maximum absolute atomic E-state index is 11.3. The number of hydrogen-bond acceptors (Lipinski definition) is 4. The average molecular weight is 287 g/mol. The molecule has 2 rings (SSSR count). The topological polar surface area (TPSA) is 86.0 Å². The van der Waals surface area contributed by atoms with E-state index in [9.17, 15) is 15.2 Å². The fourth-order valence-corrected chi connectivity index (χ4v) is 2.75. The Bertz CT molecular complexity index is 576. The third-order valence-electron chi connectivity index (χ3n) is 3.79. The van der Waals surface area contributed by atoms with E-state index in [-0.39, 0.29) is 0 Å². The molecule has 0 saturated carbocycles. The number of carboxylic acid groups (broad SMARTS) is 1. The number of aliphatic carboxylic acids is 1. The molecule has 1 aliphatic carbocycles. The first-order chi connectivity index (χ1) is 10.0. The Morgan fingerprint density at radius 1 is 1.52 bits per heavy atom. The molecular formula is C16H21N3O2. The minimum Gasteiger partial charge on any atom is -0.481 e. The molecule has 1 aromatic rings. The minimum atomic E-state index is -0.809. The number of carboxylic acids is 1. The molecule has 2 N–H and O–H groups in total. The lowest BCUT2D eigenvalue weighted by Gasteiger charge is -2.16. The molecule has 1 heterocycles. The van der Waals surface area contributed by atoms with E-state index in [1.807, 2.05) is 19.9 Å². The molecule has 112 valence electrons.